The maximum atomic E-state index is 11.7. The summed E-state index contributed by atoms with van der Waals surface area (Å²) in [5.41, 5.74) is 0.575. The largest absolute Gasteiger partial charge is 0.385 e. The number of carbonyl (C=O) groups excluding carboxylic acids is 1. The summed E-state index contributed by atoms with van der Waals surface area (Å²) in [7, 11) is 1.68. The molecule has 0 radical (unpaired) electrons. The molecule has 100 valence electrons. The minimum absolute atomic E-state index is 0.0940. The van der Waals surface area contributed by atoms with E-state index in [-0.39, 0.29) is 11.9 Å². The molecule has 18 heavy (non-hydrogen) atoms. The third-order valence-corrected chi connectivity index (χ3v) is 2.28. The van der Waals surface area contributed by atoms with Gasteiger partial charge in [0, 0.05) is 32.5 Å². The van der Waals surface area contributed by atoms with E-state index in [1.807, 2.05) is 19.9 Å². The summed E-state index contributed by atoms with van der Waals surface area (Å²) in [6, 6.07) is 3.70. The molecular weight excluding hydrogens is 230 g/mol. The van der Waals surface area contributed by atoms with E-state index in [2.05, 4.69) is 15.6 Å². The van der Waals surface area contributed by atoms with E-state index < -0.39 is 0 Å². The zero-order chi connectivity index (χ0) is 13.4. The second-order valence-corrected chi connectivity index (χ2v) is 4.33. The first-order valence-corrected chi connectivity index (χ1v) is 6.13. The van der Waals surface area contributed by atoms with E-state index in [9.17, 15) is 4.79 Å². The van der Waals surface area contributed by atoms with Crippen molar-refractivity contribution in [2.45, 2.75) is 26.3 Å². The Morgan fingerprint density at radius 1 is 1.44 bits per heavy atom. The lowest BCUT2D eigenvalue weighted by Gasteiger charge is -2.09. The molecule has 1 aromatic heterocycles. The maximum absolute atomic E-state index is 11.7. The number of hydrogen-bond acceptors (Lipinski definition) is 4. The number of rotatable bonds is 7. The molecule has 1 amide bonds. The number of nitrogens with one attached hydrogen (secondary N) is 2. The van der Waals surface area contributed by atoms with E-state index in [0.717, 1.165) is 25.4 Å². The summed E-state index contributed by atoms with van der Waals surface area (Å²) in [6.45, 7) is 5.38. The van der Waals surface area contributed by atoms with E-state index in [1.165, 1.54) is 0 Å². The first-order valence-electron chi connectivity index (χ1n) is 6.13. The molecule has 0 unspecified atom stereocenters. The van der Waals surface area contributed by atoms with Gasteiger partial charge in [0.15, 0.2) is 0 Å². The van der Waals surface area contributed by atoms with Crippen LogP contribution in [-0.4, -0.2) is 37.2 Å². The van der Waals surface area contributed by atoms with Gasteiger partial charge in [0.05, 0.1) is 5.56 Å². The highest BCUT2D eigenvalue weighted by Gasteiger charge is 2.06. The third kappa shape index (κ3) is 5.14. The lowest BCUT2D eigenvalue weighted by Crippen LogP contribution is -2.30. The predicted molar refractivity (Wildman–Crippen MR) is 71.8 cm³/mol. The van der Waals surface area contributed by atoms with Crippen molar-refractivity contribution in [3.63, 3.8) is 0 Å². The Labute approximate surface area is 108 Å². The topological polar surface area (TPSA) is 63.2 Å². The molecule has 1 heterocycles. The number of carbonyl (C=O) groups is 1. The molecule has 0 saturated carbocycles. The summed E-state index contributed by atoms with van der Waals surface area (Å²) in [6.07, 6.45) is 2.50. The van der Waals surface area contributed by atoms with Gasteiger partial charge in [0.1, 0.15) is 5.82 Å². The van der Waals surface area contributed by atoms with Gasteiger partial charge in [-0.05, 0) is 32.4 Å². The smallest absolute Gasteiger partial charge is 0.253 e. The molecule has 2 N–H and O–H groups in total. The van der Waals surface area contributed by atoms with E-state index in [1.54, 1.807) is 19.4 Å². The van der Waals surface area contributed by atoms with E-state index >= 15 is 0 Å². The van der Waals surface area contributed by atoms with Crippen molar-refractivity contribution in [1.82, 2.24) is 10.3 Å². The number of aromatic nitrogens is 1. The first-order chi connectivity index (χ1) is 8.63. The molecule has 0 aliphatic carbocycles. The molecule has 0 fully saturated rings. The molecule has 0 aromatic carbocycles. The highest BCUT2D eigenvalue weighted by molar-refractivity contribution is 5.94. The van der Waals surface area contributed by atoms with Crippen LogP contribution in [0.5, 0.6) is 0 Å². The van der Waals surface area contributed by atoms with Crippen LogP contribution in [0.3, 0.4) is 0 Å². The number of hydrogen-bond donors (Lipinski definition) is 2. The molecular formula is C13H21N3O2. The molecule has 5 nitrogen and oxygen atoms in total. The second kappa shape index (κ2) is 7.66. The standard InChI is InChI=1S/C13H21N3O2/c1-10(2)16-13(17)11-5-6-12(15-9-11)14-7-4-8-18-3/h5-6,9-10H,4,7-8H2,1-3H3,(H,14,15)(H,16,17). The summed E-state index contributed by atoms with van der Waals surface area (Å²) in [5.74, 6) is 0.677. The SMILES string of the molecule is COCCCNc1ccc(C(=O)NC(C)C)cn1. The fourth-order valence-corrected chi connectivity index (χ4v) is 1.41. The van der Waals surface area contributed by atoms with Crippen molar-refractivity contribution < 1.29 is 9.53 Å². The van der Waals surface area contributed by atoms with Crippen molar-refractivity contribution in [2.75, 3.05) is 25.6 Å². The van der Waals surface area contributed by atoms with Crippen molar-refractivity contribution in [2.24, 2.45) is 0 Å². The van der Waals surface area contributed by atoms with Gasteiger partial charge in [-0.2, -0.15) is 0 Å². The zero-order valence-electron chi connectivity index (χ0n) is 11.2. The Morgan fingerprint density at radius 2 is 2.22 bits per heavy atom. The van der Waals surface area contributed by atoms with Crippen LogP contribution in [0.15, 0.2) is 18.3 Å². The van der Waals surface area contributed by atoms with Gasteiger partial charge in [-0.1, -0.05) is 0 Å². The minimum atomic E-state index is -0.0940. The molecule has 0 aliphatic heterocycles. The van der Waals surface area contributed by atoms with Gasteiger partial charge in [-0.3, -0.25) is 4.79 Å². The lowest BCUT2D eigenvalue weighted by atomic mass is 10.2. The van der Waals surface area contributed by atoms with Crippen molar-refractivity contribution in [1.29, 1.82) is 0 Å². The number of nitrogens with zero attached hydrogens (tertiary/aromatic N) is 1. The summed E-state index contributed by atoms with van der Waals surface area (Å²) < 4.78 is 4.95. The van der Waals surface area contributed by atoms with Gasteiger partial charge in [0.25, 0.3) is 5.91 Å². The second-order valence-electron chi connectivity index (χ2n) is 4.33. The van der Waals surface area contributed by atoms with Crippen LogP contribution in [-0.2, 0) is 4.74 Å². The quantitative estimate of drug-likeness (QED) is 0.724. The van der Waals surface area contributed by atoms with Crippen molar-refractivity contribution >= 4 is 11.7 Å². The van der Waals surface area contributed by atoms with Crippen LogP contribution in [0.4, 0.5) is 5.82 Å². The zero-order valence-corrected chi connectivity index (χ0v) is 11.2. The molecule has 0 atom stereocenters. The number of anilines is 1. The molecule has 5 heteroatoms. The summed E-state index contributed by atoms with van der Waals surface area (Å²) in [5, 5.41) is 5.99. The Kier molecular flexibility index (Phi) is 6.14. The fraction of sp³-hybridized carbons (Fsp3) is 0.538. The number of amides is 1. The minimum Gasteiger partial charge on any atom is -0.385 e. The molecule has 1 rings (SSSR count). The number of ether oxygens (including phenoxy) is 1. The van der Waals surface area contributed by atoms with Crippen LogP contribution >= 0.6 is 0 Å². The monoisotopic (exact) mass is 251 g/mol. The van der Waals surface area contributed by atoms with Gasteiger partial charge < -0.3 is 15.4 Å². The van der Waals surface area contributed by atoms with Crippen molar-refractivity contribution in [3.8, 4) is 0 Å². The molecule has 1 aromatic rings. The normalized spacial score (nSPS) is 10.4. The third-order valence-electron chi connectivity index (χ3n) is 2.28. The van der Waals surface area contributed by atoms with Crippen LogP contribution < -0.4 is 10.6 Å². The Morgan fingerprint density at radius 3 is 2.78 bits per heavy atom. The molecule has 0 bridgehead atoms. The van der Waals surface area contributed by atoms with Crippen LogP contribution in [0, 0.1) is 0 Å². The molecule has 0 spiro atoms. The van der Waals surface area contributed by atoms with Crippen molar-refractivity contribution in [3.05, 3.63) is 23.9 Å². The fourth-order valence-electron chi connectivity index (χ4n) is 1.41. The first kappa shape index (κ1) is 14.4. The Bertz CT molecular complexity index is 363. The Balaban J connectivity index is 2.44. The average Bonchev–Trinajstić information content (AvgIpc) is 2.34. The molecule has 0 saturated heterocycles. The van der Waals surface area contributed by atoms with E-state index in [4.69, 9.17) is 4.74 Å². The van der Waals surface area contributed by atoms with Gasteiger partial charge >= 0.3 is 0 Å². The average molecular weight is 251 g/mol. The number of pyridine rings is 1. The van der Waals surface area contributed by atoms with E-state index in [0.29, 0.717) is 5.56 Å². The highest BCUT2D eigenvalue weighted by atomic mass is 16.5. The van der Waals surface area contributed by atoms with Crippen LogP contribution in [0.25, 0.3) is 0 Å². The lowest BCUT2D eigenvalue weighted by molar-refractivity contribution is 0.0943. The number of methoxy groups -OCH3 is 1. The Hall–Kier alpha value is -1.62. The van der Waals surface area contributed by atoms with Crippen LogP contribution in [0.1, 0.15) is 30.6 Å². The van der Waals surface area contributed by atoms with Gasteiger partial charge in [-0.25, -0.2) is 4.98 Å². The maximum Gasteiger partial charge on any atom is 0.253 e. The van der Waals surface area contributed by atoms with Gasteiger partial charge in [0.2, 0.25) is 0 Å². The molecule has 0 aliphatic rings. The van der Waals surface area contributed by atoms with Gasteiger partial charge in [-0.15, -0.1) is 0 Å². The highest BCUT2D eigenvalue weighted by Crippen LogP contribution is 2.05. The van der Waals surface area contributed by atoms with Crippen LogP contribution in [0.2, 0.25) is 0 Å². The summed E-state index contributed by atoms with van der Waals surface area (Å²) in [4.78, 5) is 15.9. The summed E-state index contributed by atoms with van der Waals surface area (Å²) >= 11 is 0. The predicted octanol–water partition coefficient (Wildman–Crippen LogP) is 1.67.